The zero-order valence-electron chi connectivity index (χ0n) is 10.2. The predicted molar refractivity (Wildman–Crippen MR) is 68.1 cm³/mol. The van der Waals surface area contributed by atoms with Crippen molar-refractivity contribution in [3.8, 4) is 11.6 Å². The second-order valence-corrected chi connectivity index (χ2v) is 3.90. The maximum Gasteiger partial charge on any atom is 0.331 e. The maximum atomic E-state index is 10.9. The summed E-state index contributed by atoms with van der Waals surface area (Å²) in [6.45, 7) is 1.50. The first-order chi connectivity index (χ1) is 9.11. The molecule has 0 radical (unpaired) electrons. The highest BCUT2D eigenvalue weighted by molar-refractivity contribution is 5.45. The lowest BCUT2D eigenvalue weighted by Crippen LogP contribution is -1.99. The van der Waals surface area contributed by atoms with Gasteiger partial charge in [0.1, 0.15) is 5.75 Å². The van der Waals surface area contributed by atoms with Gasteiger partial charge in [0.05, 0.1) is 11.5 Å². The van der Waals surface area contributed by atoms with Gasteiger partial charge >= 0.3 is 5.69 Å². The van der Waals surface area contributed by atoms with Crippen molar-refractivity contribution in [1.29, 1.82) is 0 Å². The van der Waals surface area contributed by atoms with Crippen molar-refractivity contribution < 1.29 is 14.8 Å². The summed E-state index contributed by atoms with van der Waals surface area (Å²) < 4.78 is 5.46. The zero-order valence-corrected chi connectivity index (χ0v) is 10.2. The minimum atomic E-state index is -0.552. The molecule has 0 fully saturated rings. The summed E-state index contributed by atoms with van der Waals surface area (Å²) >= 11 is 0. The van der Waals surface area contributed by atoms with Crippen LogP contribution in [0.1, 0.15) is 11.3 Å². The Morgan fingerprint density at radius 1 is 1.32 bits per heavy atom. The Hall–Kier alpha value is -2.47. The number of ether oxygens (including phenoxy) is 1. The Kier molecular flexibility index (Phi) is 3.72. The predicted octanol–water partition coefficient (Wildman–Crippen LogP) is 2.58. The van der Waals surface area contributed by atoms with E-state index in [4.69, 9.17) is 4.74 Å². The van der Waals surface area contributed by atoms with E-state index in [0.717, 1.165) is 0 Å². The molecule has 2 aromatic rings. The van der Waals surface area contributed by atoms with Crippen LogP contribution in [0.3, 0.4) is 0 Å². The molecule has 1 aromatic carbocycles. The lowest BCUT2D eigenvalue weighted by atomic mass is 10.2. The Labute approximate surface area is 109 Å². The summed E-state index contributed by atoms with van der Waals surface area (Å²) in [5.74, 6) is 0.275. The van der Waals surface area contributed by atoms with Crippen LogP contribution in [-0.4, -0.2) is 15.0 Å². The second kappa shape index (κ2) is 5.45. The molecule has 6 heteroatoms. The average molecular weight is 260 g/mol. The standard InChI is InChI=1S/C13H12N2O4/c1-9-6-7-11(15(17)18)13(14-9)19-12-5-3-2-4-10(12)8-16/h2-7,16H,8H2,1H3. The van der Waals surface area contributed by atoms with Gasteiger partial charge in [0.2, 0.25) is 0 Å². The molecule has 1 aromatic heterocycles. The van der Waals surface area contributed by atoms with Crippen LogP contribution >= 0.6 is 0 Å². The highest BCUT2D eigenvalue weighted by Gasteiger charge is 2.18. The van der Waals surface area contributed by atoms with Crippen LogP contribution in [0.4, 0.5) is 5.69 Å². The van der Waals surface area contributed by atoms with E-state index in [1.54, 1.807) is 37.3 Å². The number of aliphatic hydroxyl groups is 1. The van der Waals surface area contributed by atoms with E-state index in [-0.39, 0.29) is 18.2 Å². The molecule has 6 nitrogen and oxygen atoms in total. The van der Waals surface area contributed by atoms with E-state index in [1.165, 1.54) is 6.07 Å². The molecule has 0 saturated carbocycles. The first-order valence-corrected chi connectivity index (χ1v) is 5.60. The first-order valence-electron chi connectivity index (χ1n) is 5.60. The molecule has 0 saturated heterocycles. The summed E-state index contributed by atoms with van der Waals surface area (Å²) in [5, 5.41) is 20.1. The topological polar surface area (TPSA) is 85.5 Å². The number of benzene rings is 1. The molecule has 0 aliphatic carbocycles. The van der Waals surface area contributed by atoms with Crippen LogP contribution < -0.4 is 4.74 Å². The van der Waals surface area contributed by atoms with Gasteiger partial charge in [-0.2, -0.15) is 0 Å². The van der Waals surface area contributed by atoms with Crippen LogP contribution in [0.2, 0.25) is 0 Å². The van der Waals surface area contributed by atoms with Crippen molar-refractivity contribution in [1.82, 2.24) is 4.98 Å². The molecule has 1 heterocycles. The number of hydrogen-bond donors (Lipinski definition) is 1. The fourth-order valence-corrected chi connectivity index (χ4v) is 1.58. The SMILES string of the molecule is Cc1ccc([N+](=O)[O-])c(Oc2ccccc2CO)n1. The number of nitrogens with zero attached hydrogens (tertiary/aromatic N) is 2. The van der Waals surface area contributed by atoms with Gasteiger partial charge in [-0.1, -0.05) is 18.2 Å². The van der Waals surface area contributed by atoms with Crippen LogP contribution in [-0.2, 0) is 6.61 Å². The third-order valence-electron chi connectivity index (χ3n) is 2.53. The van der Waals surface area contributed by atoms with Crippen LogP contribution in [0.15, 0.2) is 36.4 Å². The molecule has 0 bridgehead atoms. The minimum Gasteiger partial charge on any atom is -0.433 e. The number of hydrogen-bond acceptors (Lipinski definition) is 5. The minimum absolute atomic E-state index is 0.0779. The van der Waals surface area contributed by atoms with E-state index >= 15 is 0 Å². The van der Waals surface area contributed by atoms with E-state index in [1.807, 2.05) is 0 Å². The third kappa shape index (κ3) is 2.86. The normalized spacial score (nSPS) is 10.2. The monoisotopic (exact) mass is 260 g/mol. The van der Waals surface area contributed by atoms with E-state index in [2.05, 4.69) is 4.98 Å². The Balaban J connectivity index is 2.42. The quantitative estimate of drug-likeness (QED) is 0.674. The molecule has 1 N–H and O–H groups in total. The van der Waals surface area contributed by atoms with Crippen molar-refractivity contribution in [2.75, 3.05) is 0 Å². The number of aliphatic hydroxyl groups excluding tert-OH is 1. The van der Waals surface area contributed by atoms with Crippen molar-refractivity contribution in [2.24, 2.45) is 0 Å². The highest BCUT2D eigenvalue weighted by Crippen LogP contribution is 2.31. The summed E-state index contributed by atoms with van der Waals surface area (Å²) in [7, 11) is 0. The van der Waals surface area contributed by atoms with Gasteiger partial charge in [0, 0.05) is 17.3 Å². The van der Waals surface area contributed by atoms with Crippen molar-refractivity contribution in [3.05, 3.63) is 57.8 Å². The van der Waals surface area contributed by atoms with Gasteiger partial charge in [-0.25, -0.2) is 4.98 Å². The molecular formula is C13H12N2O4. The zero-order chi connectivity index (χ0) is 13.8. The number of rotatable bonds is 4. The Morgan fingerprint density at radius 3 is 2.74 bits per heavy atom. The fraction of sp³-hybridized carbons (Fsp3) is 0.154. The summed E-state index contributed by atoms with van der Waals surface area (Å²) in [4.78, 5) is 14.4. The van der Waals surface area contributed by atoms with Crippen LogP contribution in [0, 0.1) is 17.0 Å². The van der Waals surface area contributed by atoms with Crippen LogP contribution in [0.25, 0.3) is 0 Å². The molecule has 0 unspecified atom stereocenters. The van der Waals surface area contributed by atoms with Gasteiger partial charge in [0.25, 0.3) is 5.88 Å². The highest BCUT2D eigenvalue weighted by atomic mass is 16.6. The Morgan fingerprint density at radius 2 is 2.05 bits per heavy atom. The van der Waals surface area contributed by atoms with Crippen molar-refractivity contribution in [3.63, 3.8) is 0 Å². The maximum absolute atomic E-state index is 10.9. The smallest absolute Gasteiger partial charge is 0.331 e. The van der Waals surface area contributed by atoms with E-state index in [9.17, 15) is 15.2 Å². The number of pyridine rings is 1. The lowest BCUT2D eigenvalue weighted by Gasteiger charge is -2.09. The molecule has 0 amide bonds. The molecule has 2 rings (SSSR count). The third-order valence-corrected chi connectivity index (χ3v) is 2.53. The van der Waals surface area contributed by atoms with Gasteiger partial charge < -0.3 is 9.84 Å². The molecule has 98 valence electrons. The van der Waals surface area contributed by atoms with Crippen molar-refractivity contribution >= 4 is 5.69 Å². The first kappa shape index (κ1) is 13.0. The molecule has 0 atom stereocenters. The lowest BCUT2D eigenvalue weighted by molar-refractivity contribution is -0.386. The van der Waals surface area contributed by atoms with E-state index in [0.29, 0.717) is 17.0 Å². The Bertz CT molecular complexity index is 613. The van der Waals surface area contributed by atoms with Gasteiger partial charge in [-0.3, -0.25) is 10.1 Å². The molecule has 0 spiro atoms. The van der Waals surface area contributed by atoms with Crippen LogP contribution in [0.5, 0.6) is 11.6 Å². The number of nitro groups is 1. The summed E-state index contributed by atoms with van der Waals surface area (Å²) in [6, 6.07) is 9.66. The number of aryl methyl sites for hydroxylation is 1. The number of aromatic nitrogens is 1. The largest absolute Gasteiger partial charge is 0.433 e. The molecule has 19 heavy (non-hydrogen) atoms. The number of para-hydroxylation sites is 1. The van der Waals surface area contributed by atoms with Gasteiger partial charge in [-0.15, -0.1) is 0 Å². The molecular weight excluding hydrogens is 248 g/mol. The average Bonchev–Trinajstić information content (AvgIpc) is 2.39. The molecule has 0 aliphatic rings. The van der Waals surface area contributed by atoms with E-state index < -0.39 is 4.92 Å². The van der Waals surface area contributed by atoms with Gasteiger partial charge in [-0.05, 0) is 19.1 Å². The summed E-state index contributed by atoms with van der Waals surface area (Å²) in [5.41, 5.74) is 0.945. The molecule has 0 aliphatic heterocycles. The second-order valence-electron chi connectivity index (χ2n) is 3.90. The fourth-order valence-electron chi connectivity index (χ4n) is 1.58. The summed E-state index contributed by atoms with van der Waals surface area (Å²) in [6.07, 6.45) is 0. The van der Waals surface area contributed by atoms with Crippen molar-refractivity contribution in [2.45, 2.75) is 13.5 Å². The van der Waals surface area contributed by atoms with Gasteiger partial charge in [0.15, 0.2) is 0 Å².